The molecule has 0 heteroatoms. The zero-order valence-electron chi connectivity index (χ0n) is 6.11. The third-order valence-electron chi connectivity index (χ3n) is 4.35. The largest absolute Gasteiger partial charge is 0.0620 e. The van der Waals surface area contributed by atoms with Crippen molar-refractivity contribution in [3.63, 3.8) is 0 Å². The molecule has 0 N–H and O–H groups in total. The summed E-state index contributed by atoms with van der Waals surface area (Å²) in [6.07, 6.45) is 7.87. The van der Waals surface area contributed by atoms with E-state index < -0.39 is 0 Å². The topological polar surface area (TPSA) is 0 Å². The van der Waals surface area contributed by atoms with Crippen LogP contribution in [0.5, 0.6) is 0 Å². The van der Waals surface area contributed by atoms with Crippen LogP contribution in [-0.4, -0.2) is 0 Å². The first-order chi connectivity index (χ1) is 4.29. The molecule has 1 unspecified atom stereocenters. The minimum atomic E-state index is 0.950. The Bertz CT molecular complexity index is 163. The van der Waals surface area contributed by atoms with Crippen LogP contribution in [0, 0.1) is 16.7 Å². The van der Waals surface area contributed by atoms with E-state index in [9.17, 15) is 0 Å². The fraction of sp³-hybridized carbons (Fsp3) is 1.00. The molecule has 3 saturated carbocycles. The van der Waals surface area contributed by atoms with Gasteiger partial charge in [0.1, 0.15) is 0 Å². The van der Waals surface area contributed by atoms with Crippen molar-refractivity contribution in [3.05, 3.63) is 0 Å². The quantitative estimate of drug-likeness (QED) is 0.463. The summed E-state index contributed by atoms with van der Waals surface area (Å²) in [5.74, 6) is 1.09. The van der Waals surface area contributed by atoms with E-state index in [0.717, 1.165) is 16.7 Å². The highest BCUT2D eigenvalue weighted by molar-refractivity contribution is 5.33. The van der Waals surface area contributed by atoms with Crippen LogP contribution in [-0.2, 0) is 0 Å². The van der Waals surface area contributed by atoms with Gasteiger partial charge < -0.3 is 0 Å². The lowest BCUT2D eigenvalue weighted by atomic mass is 9.90. The summed E-state index contributed by atoms with van der Waals surface area (Å²) in [5.41, 5.74) is 1.91. The zero-order valence-corrected chi connectivity index (χ0v) is 6.11. The van der Waals surface area contributed by atoms with Crippen LogP contribution in [0.15, 0.2) is 0 Å². The summed E-state index contributed by atoms with van der Waals surface area (Å²) in [6, 6.07) is 0. The van der Waals surface area contributed by atoms with Gasteiger partial charge in [0.05, 0.1) is 0 Å². The monoisotopic (exact) mass is 122 g/mol. The minimum Gasteiger partial charge on any atom is -0.0620 e. The molecule has 0 saturated heterocycles. The molecule has 0 spiro atoms. The van der Waals surface area contributed by atoms with E-state index in [-0.39, 0.29) is 0 Å². The van der Waals surface area contributed by atoms with Crippen molar-refractivity contribution in [2.45, 2.75) is 39.0 Å². The van der Waals surface area contributed by atoms with Crippen LogP contribution in [0.1, 0.15) is 39.0 Å². The first kappa shape index (κ1) is 4.76. The summed E-state index contributed by atoms with van der Waals surface area (Å²) in [7, 11) is 0. The molecule has 0 aromatic rings. The first-order valence-electron chi connectivity index (χ1n) is 4.29. The van der Waals surface area contributed by atoms with Gasteiger partial charge in [-0.25, -0.2) is 0 Å². The molecule has 3 aliphatic rings. The van der Waals surface area contributed by atoms with Gasteiger partial charge in [0.2, 0.25) is 0 Å². The normalized spacial score (nSPS) is 68.3. The Morgan fingerprint density at radius 2 is 2.11 bits per heavy atom. The Labute approximate surface area is 56.6 Å². The van der Waals surface area contributed by atoms with Gasteiger partial charge in [-0.15, -0.1) is 0 Å². The van der Waals surface area contributed by atoms with Gasteiger partial charge in [0.25, 0.3) is 0 Å². The van der Waals surface area contributed by atoms with Crippen molar-refractivity contribution in [1.29, 1.82) is 0 Å². The summed E-state index contributed by atoms with van der Waals surface area (Å²) < 4.78 is 0. The molecule has 0 aliphatic heterocycles. The third kappa shape index (κ3) is 0.320. The lowest BCUT2D eigenvalue weighted by Crippen LogP contribution is -2.05. The molecule has 0 heterocycles. The standard InChI is InChI=1S/C9H14/c1-7-3-2-4-8-5-9(7,8)6-8/h7H,2-6H2,1H3. The number of rotatable bonds is 0. The van der Waals surface area contributed by atoms with E-state index in [1.54, 1.807) is 19.3 Å². The average Bonchev–Trinajstić information content (AvgIpc) is 2.49. The molecule has 0 aromatic carbocycles. The predicted molar refractivity (Wildman–Crippen MR) is 37.1 cm³/mol. The molecule has 0 amide bonds. The van der Waals surface area contributed by atoms with Crippen molar-refractivity contribution in [1.82, 2.24) is 0 Å². The van der Waals surface area contributed by atoms with Gasteiger partial charge in [0.15, 0.2) is 0 Å². The van der Waals surface area contributed by atoms with E-state index in [4.69, 9.17) is 0 Å². The van der Waals surface area contributed by atoms with Crippen LogP contribution >= 0.6 is 0 Å². The molecule has 3 fully saturated rings. The molecule has 9 heavy (non-hydrogen) atoms. The van der Waals surface area contributed by atoms with E-state index in [2.05, 4.69) is 6.92 Å². The van der Waals surface area contributed by atoms with Crippen molar-refractivity contribution in [3.8, 4) is 0 Å². The highest BCUT2D eigenvalue weighted by Crippen LogP contribution is 2.92. The lowest BCUT2D eigenvalue weighted by Gasteiger charge is -2.15. The molecule has 1 atom stereocenters. The molecular formula is C9H14. The maximum atomic E-state index is 2.47. The Hall–Kier alpha value is 0. The number of hydrogen-bond acceptors (Lipinski definition) is 0. The summed E-state index contributed by atoms with van der Waals surface area (Å²) in [6.45, 7) is 2.47. The second-order valence-corrected chi connectivity index (χ2v) is 4.58. The highest BCUT2D eigenvalue weighted by Gasteiger charge is 2.84. The highest BCUT2D eigenvalue weighted by atomic mass is 14.9. The van der Waals surface area contributed by atoms with Crippen LogP contribution in [0.25, 0.3) is 0 Å². The Morgan fingerprint density at radius 3 is 2.67 bits per heavy atom. The van der Waals surface area contributed by atoms with Crippen molar-refractivity contribution in [2.75, 3.05) is 0 Å². The summed E-state index contributed by atoms with van der Waals surface area (Å²) in [5, 5.41) is 0. The van der Waals surface area contributed by atoms with E-state index >= 15 is 0 Å². The summed E-state index contributed by atoms with van der Waals surface area (Å²) >= 11 is 0. The molecule has 0 bridgehead atoms. The fourth-order valence-corrected chi connectivity index (χ4v) is 3.39. The number of hydrogen-bond donors (Lipinski definition) is 0. The minimum absolute atomic E-state index is 0.950. The predicted octanol–water partition coefficient (Wildman–Crippen LogP) is 2.59. The van der Waals surface area contributed by atoms with Crippen LogP contribution in [0.4, 0.5) is 0 Å². The lowest BCUT2D eigenvalue weighted by molar-refractivity contribution is 0.351. The summed E-state index contributed by atoms with van der Waals surface area (Å²) in [4.78, 5) is 0. The second kappa shape index (κ2) is 0.980. The molecule has 3 aliphatic carbocycles. The smallest absolute Gasteiger partial charge is 0.0204 e. The van der Waals surface area contributed by atoms with Crippen molar-refractivity contribution >= 4 is 0 Å². The fourth-order valence-electron chi connectivity index (χ4n) is 3.39. The molecule has 50 valence electrons. The maximum Gasteiger partial charge on any atom is -0.0204 e. The zero-order chi connectivity index (χ0) is 6.11. The molecule has 0 radical (unpaired) electrons. The maximum absolute atomic E-state index is 2.47. The third-order valence-corrected chi connectivity index (χ3v) is 4.35. The SMILES string of the molecule is CC1CCCC23CC12C3. The van der Waals surface area contributed by atoms with Crippen molar-refractivity contribution in [2.24, 2.45) is 16.7 Å². The van der Waals surface area contributed by atoms with Crippen LogP contribution in [0.2, 0.25) is 0 Å². The van der Waals surface area contributed by atoms with Crippen molar-refractivity contribution < 1.29 is 0 Å². The Balaban J connectivity index is 1.97. The average molecular weight is 122 g/mol. The van der Waals surface area contributed by atoms with Gasteiger partial charge in [-0.3, -0.25) is 0 Å². The molecule has 0 aromatic heterocycles. The Morgan fingerprint density at radius 1 is 1.33 bits per heavy atom. The first-order valence-corrected chi connectivity index (χ1v) is 4.29. The van der Waals surface area contributed by atoms with Gasteiger partial charge in [0, 0.05) is 0 Å². The van der Waals surface area contributed by atoms with Crippen LogP contribution < -0.4 is 0 Å². The Kier molecular flexibility index (Phi) is 0.518. The van der Waals surface area contributed by atoms with Gasteiger partial charge in [-0.1, -0.05) is 19.8 Å². The van der Waals surface area contributed by atoms with E-state index in [1.165, 1.54) is 12.8 Å². The molecular weight excluding hydrogens is 108 g/mol. The van der Waals surface area contributed by atoms with E-state index in [1.807, 2.05) is 0 Å². The van der Waals surface area contributed by atoms with Gasteiger partial charge in [-0.2, -0.15) is 0 Å². The van der Waals surface area contributed by atoms with Crippen LogP contribution in [0.3, 0.4) is 0 Å². The van der Waals surface area contributed by atoms with E-state index in [0.29, 0.717) is 0 Å². The van der Waals surface area contributed by atoms with Gasteiger partial charge >= 0.3 is 0 Å². The molecule has 3 rings (SSSR count). The second-order valence-electron chi connectivity index (χ2n) is 4.58. The van der Waals surface area contributed by atoms with Gasteiger partial charge in [-0.05, 0) is 36.0 Å². The molecule has 0 nitrogen and oxygen atoms in total.